The van der Waals surface area contributed by atoms with Crippen LogP contribution >= 0.6 is 11.3 Å². The highest BCUT2D eigenvalue weighted by Crippen LogP contribution is 2.42. The number of imidazole rings is 1. The summed E-state index contributed by atoms with van der Waals surface area (Å²) in [6.45, 7) is 1.28. The van der Waals surface area contributed by atoms with Gasteiger partial charge in [0, 0.05) is 30.0 Å². The Morgan fingerprint density at radius 1 is 1.34 bits per heavy atom. The normalized spacial score (nSPS) is 13.9. The maximum absolute atomic E-state index is 14.2. The summed E-state index contributed by atoms with van der Waals surface area (Å²) in [5, 5.41) is 13.2. The van der Waals surface area contributed by atoms with Crippen molar-refractivity contribution in [3.63, 3.8) is 0 Å². The van der Waals surface area contributed by atoms with Gasteiger partial charge >= 0.3 is 6.18 Å². The third-order valence-corrected chi connectivity index (χ3v) is 5.25. The number of rotatable bonds is 6. The lowest BCUT2D eigenvalue weighted by molar-refractivity contribution is -0.267. The Labute approximate surface area is 166 Å². The van der Waals surface area contributed by atoms with Crippen LogP contribution in [0.3, 0.4) is 0 Å². The van der Waals surface area contributed by atoms with E-state index in [4.69, 9.17) is 0 Å². The van der Waals surface area contributed by atoms with Crippen molar-refractivity contribution < 1.29 is 27.5 Å². The highest BCUT2D eigenvalue weighted by Gasteiger charge is 2.58. The lowest BCUT2D eigenvalue weighted by Gasteiger charge is -2.27. The first-order valence-corrected chi connectivity index (χ1v) is 9.23. The van der Waals surface area contributed by atoms with E-state index in [9.17, 15) is 27.5 Å². The van der Waals surface area contributed by atoms with Gasteiger partial charge in [-0.2, -0.15) is 13.2 Å². The molecule has 0 aliphatic carbocycles. The maximum atomic E-state index is 14.2. The number of amides is 1. The fourth-order valence-electron chi connectivity index (χ4n) is 2.61. The molecular formula is C18H16F4N4O2S. The molecule has 0 bridgehead atoms. The molecule has 1 unspecified atom stereocenters. The molecule has 3 rings (SSSR count). The first kappa shape index (κ1) is 20.9. The molecule has 2 N–H and O–H groups in total. The van der Waals surface area contributed by atoms with Crippen LogP contribution < -0.4 is 5.32 Å². The van der Waals surface area contributed by atoms with Gasteiger partial charge in [-0.05, 0) is 24.6 Å². The number of alkyl halides is 3. The molecule has 0 saturated carbocycles. The summed E-state index contributed by atoms with van der Waals surface area (Å²) in [6, 6.07) is 4.15. The van der Waals surface area contributed by atoms with E-state index in [2.05, 4.69) is 15.3 Å². The number of aromatic nitrogens is 3. The Hall–Kier alpha value is -2.79. The summed E-state index contributed by atoms with van der Waals surface area (Å²) in [6.07, 6.45) is -1.89. The molecule has 1 aromatic carbocycles. The van der Waals surface area contributed by atoms with Gasteiger partial charge in [-0.15, -0.1) is 11.3 Å². The van der Waals surface area contributed by atoms with Crippen molar-refractivity contribution in [1.82, 2.24) is 19.9 Å². The van der Waals surface area contributed by atoms with Crippen LogP contribution in [-0.4, -0.2) is 31.7 Å². The predicted octanol–water partition coefficient (Wildman–Crippen LogP) is 3.23. The molecule has 0 radical (unpaired) electrons. The molecule has 0 spiro atoms. The quantitative estimate of drug-likeness (QED) is 0.591. The average Bonchev–Trinajstić information content (AvgIpc) is 3.31. The standard InChI is InChI=1S/C18H16F4N4O2S/c1-11-9-29-16(25-11)17(28,18(20,21)22)7-15(27)24-8-12-2-3-14(13(19)6-12)26-5-4-23-10-26/h2-6,9-10,28H,7-8H2,1H3,(H,24,27). The predicted molar refractivity (Wildman–Crippen MR) is 96.8 cm³/mol. The van der Waals surface area contributed by atoms with Gasteiger partial charge in [0.1, 0.15) is 10.8 Å². The molecule has 6 nitrogen and oxygen atoms in total. The summed E-state index contributed by atoms with van der Waals surface area (Å²) in [4.78, 5) is 19.6. The largest absolute Gasteiger partial charge is 0.424 e. The second kappa shape index (κ2) is 7.91. The van der Waals surface area contributed by atoms with E-state index in [1.165, 1.54) is 41.5 Å². The Bertz CT molecular complexity index is 1000. The van der Waals surface area contributed by atoms with Gasteiger partial charge < -0.3 is 15.0 Å². The first-order valence-electron chi connectivity index (χ1n) is 8.35. The topological polar surface area (TPSA) is 80.0 Å². The fraction of sp³-hybridized carbons (Fsp3) is 0.278. The van der Waals surface area contributed by atoms with Crippen molar-refractivity contribution in [2.24, 2.45) is 0 Å². The molecule has 0 fully saturated rings. The van der Waals surface area contributed by atoms with Crippen LogP contribution in [0.25, 0.3) is 5.69 Å². The van der Waals surface area contributed by atoms with E-state index in [1.807, 2.05) is 0 Å². The highest BCUT2D eigenvalue weighted by molar-refractivity contribution is 7.09. The van der Waals surface area contributed by atoms with E-state index in [-0.39, 0.29) is 12.2 Å². The molecule has 154 valence electrons. The van der Waals surface area contributed by atoms with Crippen LogP contribution in [0.2, 0.25) is 0 Å². The number of aliphatic hydroxyl groups is 1. The summed E-state index contributed by atoms with van der Waals surface area (Å²) < 4.78 is 56.0. The zero-order valence-electron chi connectivity index (χ0n) is 15.1. The summed E-state index contributed by atoms with van der Waals surface area (Å²) >= 11 is 0.624. The molecule has 0 aliphatic rings. The molecule has 2 heterocycles. The Morgan fingerprint density at radius 2 is 2.10 bits per heavy atom. The zero-order valence-corrected chi connectivity index (χ0v) is 15.9. The van der Waals surface area contributed by atoms with Crippen LogP contribution in [0.1, 0.15) is 22.7 Å². The molecule has 11 heteroatoms. The number of hydrogen-bond acceptors (Lipinski definition) is 5. The van der Waals surface area contributed by atoms with Gasteiger partial charge in [0.2, 0.25) is 11.5 Å². The number of thiazole rings is 1. The molecule has 1 amide bonds. The second-order valence-electron chi connectivity index (χ2n) is 6.36. The van der Waals surface area contributed by atoms with Gasteiger partial charge in [-0.3, -0.25) is 4.79 Å². The number of halogens is 4. The smallest absolute Gasteiger partial charge is 0.374 e. The maximum Gasteiger partial charge on any atom is 0.424 e. The van der Waals surface area contributed by atoms with Crippen molar-refractivity contribution in [2.75, 3.05) is 0 Å². The van der Waals surface area contributed by atoms with Crippen molar-refractivity contribution >= 4 is 17.2 Å². The Morgan fingerprint density at radius 3 is 2.66 bits per heavy atom. The van der Waals surface area contributed by atoms with Gasteiger partial charge in [-0.25, -0.2) is 14.4 Å². The first-order chi connectivity index (χ1) is 13.6. The van der Waals surface area contributed by atoms with E-state index >= 15 is 0 Å². The van der Waals surface area contributed by atoms with E-state index in [1.54, 1.807) is 6.20 Å². The van der Waals surface area contributed by atoms with Gasteiger partial charge in [0.05, 0.1) is 18.4 Å². The number of benzene rings is 1. The van der Waals surface area contributed by atoms with Crippen molar-refractivity contribution in [1.29, 1.82) is 0 Å². The number of nitrogens with one attached hydrogen (secondary N) is 1. The van der Waals surface area contributed by atoms with Crippen molar-refractivity contribution in [3.05, 3.63) is 64.4 Å². The molecule has 0 aliphatic heterocycles. The highest BCUT2D eigenvalue weighted by atomic mass is 32.1. The Balaban J connectivity index is 1.69. The summed E-state index contributed by atoms with van der Waals surface area (Å²) in [7, 11) is 0. The van der Waals surface area contributed by atoms with Crippen LogP contribution in [0, 0.1) is 12.7 Å². The van der Waals surface area contributed by atoms with Crippen LogP contribution in [0.5, 0.6) is 0 Å². The summed E-state index contributed by atoms with van der Waals surface area (Å²) in [5.41, 5.74) is -2.50. The molecule has 2 aromatic heterocycles. The minimum Gasteiger partial charge on any atom is -0.374 e. The van der Waals surface area contributed by atoms with E-state index in [0.717, 1.165) is 6.07 Å². The number of carbonyl (C=O) groups excluding carboxylic acids is 1. The number of nitrogens with zero attached hydrogens (tertiary/aromatic N) is 3. The molecule has 1 atom stereocenters. The third-order valence-electron chi connectivity index (χ3n) is 4.14. The van der Waals surface area contributed by atoms with E-state index < -0.39 is 34.9 Å². The minimum atomic E-state index is -5.09. The molecule has 29 heavy (non-hydrogen) atoms. The van der Waals surface area contributed by atoms with Gasteiger partial charge in [0.25, 0.3) is 0 Å². The average molecular weight is 428 g/mol. The molecule has 0 saturated heterocycles. The number of carbonyl (C=O) groups is 1. The number of aryl methyl sites for hydroxylation is 1. The fourth-order valence-corrected chi connectivity index (χ4v) is 3.52. The van der Waals surface area contributed by atoms with Gasteiger partial charge in [-0.1, -0.05) is 6.07 Å². The summed E-state index contributed by atoms with van der Waals surface area (Å²) in [5.74, 6) is -1.63. The zero-order chi connectivity index (χ0) is 21.2. The lowest BCUT2D eigenvalue weighted by Crippen LogP contribution is -2.46. The second-order valence-corrected chi connectivity index (χ2v) is 7.22. The molecule has 3 aromatic rings. The van der Waals surface area contributed by atoms with Crippen LogP contribution in [-0.2, 0) is 16.9 Å². The van der Waals surface area contributed by atoms with Crippen molar-refractivity contribution in [2.45, 2.75) is 31.7 Å². The van der Waals surface area contributed by atoms with Crippen LogP contribution in [0.15, 0.2) is 42.3 Å². The molecular weight excluding hydrogens is 412 g/mol. The minimum absolute atomic E-state index is 0.204. The van der Waals surface area contributed by atoms with E-state index in [0.29, 0.717) is 22.6 Å². The lowest BCUT2D eigenvalue weighted by atomic mass is 9.99. The van der Waals surface area contributed by atoms with Crippen LogP contribution in [0.4, 0.5) is 17.6 Å². The van der Waals surface area contributed by atoms with Crippen molar-refractivity contribution in [3.8, 4) is 5.69 Å². The Kier molecular flexibility index (Phi) is 5.71. The number of hydrogen-bond donors (Lipinski definition) is 2. The van der Waals surface area contributed by atoms with Gasteiger partial charge in [0.15, 0.2) is 0 Å². The monoisotopic (exact) mass is 428 g/mol. The SMILES string of the molecule is Cc1csc(C(O)(CC(=O)NCc2ccc(-n3ccnc3)c(F)c2)C(F)(F)F)n1. The third kappa shape index (κ3) is 4.46.